The Hall–Kier alpha value is -2.25. The number of quaternary nitrogens is 1. The molecule has 0 aliphatic rings. The minimum absolute atomic E-state index is 0.0302. The molecular weight excluding hydrogens is 348 g/mol. The molecule has 0 bridgehead atoms. The van der Waals surface area contributed by atoms with Crippen LogP contribution in [0.4, 0.5) is 5.69 Å². The Balaban J connectivity index is 1.99. The van der Waals surface area contributed by atoms with Crippen molar-refractivity contribution in [2.24, 2.45) is 0 Å². The van der Waals surface area contributed by atoms with E-state index in [2.05, 4.69) is 27.8 Å². The molecule has 140 valence electrons. The number of rotatable bonds is 6. The normalized spacial score (nSPS) is 11.9. The Morgan fingerprint density at radius 1 is 1.15 bits per heavy atom. The number of aromatic nitrogens is 1. The predicted molar refractivity (Wildman–Crippen MR) is 105 cm³/mol. The quantitative estimate of drug-likeness (QED) is 0.714. The molecule has 1 aromatic heterocycles. The number of hydrogen-bond donors (Lipinski definition) is 3. The summed E-state index contributed by atoms with van der Waals surface area (Å²) in [4.78, 5) is 30.3. The number of carbonyl (C=O) groups is 2. The standard InChI is InChI=1S/C19H26N4O2S/c1-11-7-12(2)17(13(3)8-11)22-15(24)9-23(6)10-16-21-14(4)18(26-16)19(25)20-5/h7-8H,9-10H2,1-6H3,(H,20,25)(H,22,24)/p+1. The van der Waals surface area contributed by atoms with Gasteiger partial charge in [0.1, 0.15) is 16.4 Å². The zero-order valence-electron chi connectivity index (χ0n) is 16.2. The fourth-order valence-electron chi connectivity index (χ4n) is 3.01. The van der Waals surface area contributed by atoms with Gasteiger partial charge in [0, 0.05) is 12.7 Å². The van der Waals surface area contributed by atoms with E-state index in [4.69, 9.17) is 0 Å². The highest BCUT2D eigenvalue weighted by atomic mass is 32.1. The monoisotopic (exact) mass is 375 g/mol. The number of nitrogens with zero attached hydrogens (tertiary/aromatic N) is 1. The van der Waals surface area contributed by atoms with Gasteiger partial charge in [-0.1, -0.05) is 17.7 Å². The van der Waals surface area contributed by atoms with Crippen molar-refractivity contribution in [3.05, 3.63) is 44.4 Å². The molecule has 7 heteroatoms. The second kappa shape index (κ2) is 8.42. The topological polar surface area (TPSA) is 75.5 Å². The van der Waals surface area contributed by atoms with Gasteiger partial charge in [-0.3, -0.25) is 9.59 Å². The summed E-state index contributed by atoms with van der Waals surface area (Å²) < 4.78 is 0. The fourth-order valence-corrected chi connectivity index (χ4v) is 4.13. The van der Waals surface area contributed by atoms with Gasteiger partial charge in [-0.05, 0) is 38.8 Å². The van der Waals surface area contributed by atoms with Crippen LogP contribution in [0.1, 0.15) is 37.1 Å². The molecule has 0 saturated carbocycles. The van der Waals surface area contributed by atoms with Crippen LogP contribution in [0, 0.1) is 27.7 Å². The average Bonchev–Trinajstić information content (AvgIpc) is 2.90. The first kappa shape index (κ1) is 20.1. The molecule has 0 fully saturated rings. The highest BCUT2D eigenvalue weighted by Crippen LogP contribution is 2.21. The summed E-state index contributed by atoms with van der Waals surface area (Å²) in [5.41, 5.74) is 4.94. The van der Waals surface area contributed by atoms with E-state index in [0.29, 0.717) is 18.0 Å². The van der Waals surface area contributed by atoms with Crippen LogP contribution in [0.3, 0.4) is 0 Å². The van der Waals surface area contributed by atoms with Gasteiger partial charge in [0.05, 0.1) is 12.7 Å². The lowest BCUT2D eigenvalue weighted by molar-refractivity contribution is -0.885. The maximum Gasteiger partial charge on any atom is 0.279 e. The summed E-state index contributed by atoms with van der Waals surface area (Å²) in [7, 11) is 3.56. The van der Waals surface area contributed by atoms with Crippen LogP contribution in [-0.4, -0.2) is 37.4 Å². The van der Waals surface area contributed by atoms with Crippen molar-refractivity contribution in [1.29, 1.82) is 0 Å². The van der Waals surface area contributed by atoms with Crippen molar-refractivity contribution in [1.82, 2.24) is 10.3 Å². The van der Waals surface area contributed by atoms with E-state index in [0.717, 1.165) is 32.4 Å². The summed E-state index contributed by atoms with van der Waals surface area (Å²) in [5, 5.41) is 6.50. The van der Waals surface area contributed by atoms with Crippen molar-refractivity contribution in [3.63, 3.8) is 0 Å². The van der Waals surface area contributed by atoms with Gasteiger partial charge >= 0.3 is 0 Å². The lowest BCUT2D eigenvalue weighted by Crippen LogP contribution is -3.08. The molecule has 2 rings (SSSR count). The van der Waals surface area contributed by atoms with Crippen LogP contribution in [0.25, 0.3) is 0 Å². The number of carbonyl (C=O) groups excluding carboxylic acids is 2. The second-order valence-electron chi connectivity index (χ2n) is 6.73. The molecule has 1 aromatic carbocycles. The Morgan fingerprint density at radius 3 is 2.35 bits per heavy atom. The van der Waals surface area contributed by atoms with Gasteiger partial charge in [0.2, 0.25) is 0 Å². The lowest BCUT2D eigenvalue weighted by atomic mass is 10.1. The molecule has 0 aliphatic heterocycles. The molecule has 0 spiro atoms. The Morgan fingerprint density at radius 2 is 1.77 bits per heavy atom. The number of thiazole rings is 1. The largest absolute Gasteiger partial charge is 0.354 e. The summed E-state index contributed by atoms with van der Waals surface area (Å²) >= 11 is 1.38. The summed E-state index contributed by atoms with van der Waals surface area (Å²) in [5.74, 6) is -0.149. The molecule has 1 unspecified atom stereocenters. The van der Waals surface area contributed by atoms with E-state index in [1.807, 2.05) is 34.7 Å². The van der Waals surface area contributed by atoms with Crippen LogP contribution >= 0.6 is 11.3 Å². The van der Waals surface area contributed by atoms with E-state index in [1.54, 1.807) is 7.05 Å². The molecule has 26 heavy (non-hydrogen) atoms. The molecule has 3 N–H and O–H groups in total. The summed E-state index contributed by atoms with van der Waals surface area (Å²) in [6.45, 7) is 8.82. The van der Waals surface area contributed by atoms with Gasteiger partial charge in [0.15, 0.2) is 6.54 Å². The molecule has 0 radical (unpaired) electrons. The van der Waals surface area contributed by atoms with Crippen molar-refractivity contribution in [2.45, 2.75) is 34.2 Å². The van der Waals surface area contributed by atoms with E-state index in [9.17, 15) is 9.59 Å². The van der Waals surface area contributed by atoms with Gasteiger partial charge in [-0.15, -0.1) is 11.3 Å². The number of anilines is 1. The number of benzene rings is 1. The SMILES string of the molecule is CNC(=O)c1sc(C[NH+](C)CC(=O)Nc2c(C)cc(C)cc2C)nc1C. The van der Waals surface area contributed by atoms with E-state index >= 15 is 0 Å². The molecule has 1 atom stereocenters. The Kier molecular flexibility index (Phi) is 6.50. The Bertz CT molecular complexity index is 806. The van der Waals surface area contributed by atoms with E-state index in [-0.39, 0.29) is 11.8 Å². The van der Waals surface area contributed by atoms with Crippen LogP contribution in [0.15, 0.2) is 12.1 Å². The summed E-state index contributed by atoms with van der Waals surface area (Å²) in [6, 6.07) is 4.13. The van der Waals surface area contributed by atoms with Crippen LogP contribution in [0.2, 0.25) is 0 Å². The molecule has 2 aromatic rings. The molecule has 0 saturated heterocycles. The van der Waals surface area contributed by atoms with Gasteiger partial charge < -0.3 is 15.5 Å². The van der Waals surface area contributed by atoms with Gasteiger partial charge in [-0.2, -0.15) is 0 Å². The average molecular weight is 376 g/mol. The minimum Gasteiger partial charge on any atom is -0.354 e. The first-order valence-electron chi connectivity index (χ1n) is 8.58. The van der Waals surface area contributed by atoms with Crippen LogP contribution in [0.5, 0.6) is 0 Å². The zero-order valence-corrected chi connectivity index (χ0v) is 17.1. The van der Waals surface area contributed by atoms with E-state index in [1.165, 1.54) is 16.9 Å². The van der Waals surface area contributed by atoms with Crippen molar-refractivity contribution >= 4 is 28.8 Å². The first-order valence-corrected chi connectivity index (χ1v) is 9.40. The second-order valence-corrected chi connectivity index (χ2v) is 7.82. The first-order chi connectivity index (χ1) is 12.2. The predicted octanol–water partition coefficient (Wildman–Crippen LogP) is 1.39. The Labute approximate surface area is 158 Å². The third kappa shape index (κ3) is 4.89. The van der Waals surface area contributed by atoms with Crippen molar-refractivity contribution in [2.75, 3.05) is 26.0 Å². The minimum atomic E-state index is -0.119. The molecule has 2 amide bonds. The maximum absolute atomic E-state index is 12.4. The number of hydrogen-bond acceptors (Lipinski definition) is 4. The van der Waals surface area contributed by atoms with Gasteiger partial charge in [-0.25, -0.2) is 4.98 Å². The number of nitrogens with one attached hydrogen (secondary N) is 3. The maximum atomic E-state index is 12.4. The molecule has 6 nitrogen and oxygen atoms in total. The molecular formula is C19H27N4O2S+. The molecule has 0 aliphatic carbocycles. The summed E-state index contributed by atoms with van der Waals surface area (Å²) in [6.07, 6.45) is 0. The zero-order chi connectivity index (χ0) is 19.4. The van der Waals surface area contributed by atoms with E-state index < -0.39 is 0 Å². The number of aryl methyl sites for hydroxylation is 4. The van der Waals surface area contributed by atoms with Crippen molar-refractivity contribution < 1.29 is 14.5 Å². The highest BCUT2D eigenvalue weighted by molar-refractivity contribution is 7.13. The molecule has 1 heterocycles. The third-order valence-electron chi connectivity index (χ3n) is 4.13. The van der Waals surface area contributed by atoms with Crippen LogP contribution < -0.4 is 15.5 Å². The fraction of sp³-hybridized carbons (Fsp3) is 0.421. The number of likely N-dealkylation sites (N-methyl/N-ethyl adjacent to an activating group) is 1. The highest BCUT2D eigenvalue weighted by Gasteiger charge is 2.18. The van der Waals surface area contributed by atoms with Gasteiger partial charge in [0.25, 0.3) is 11.8 Å². The smallest absolute Gasteiger partial charge is 0.279 e. The van der Waals surface area contributed by atoms with Crippen molar-refractivity contribution in [3.8, 4) is 0 Å². The lowest BCUT2D eigenvalue weighted by Gasteiger charge is -2.15. The van der Waals surface area contributed by atoms with Crippen LogP contribution in [-0.2, 0) is 11.3 Å². The number of amides is 2. The third-order valence-corrected chi connectivity index (χ3v) is 5.29.